The molecule has 2 aromatic carbocycles. The van der Waals surface area contributed by atoms with Gasteiger partial charge in [0.1, 0.15) is 17.3 Å². The Bertz CT molecular complexity index is 833. The summed E-state index contributed by atoms with van der Waals surface area (Å²) < 4.78 is 20.1. The highest BCUT2D eigenvalue weighted by Crippen LogP contribution is 2.34. The topological polar surface area (TPSA) is 80.4 Å². The molecule has 0 aliphatic rings. The summed E-state index contributed by atoms with van der Waals surface area (Å²) in [5, 5.41) is 27.3. The molecule has 0 spiro atoms. The second-order valence-corrected chi connectivity index (χ2v) is 4.49. The van der Waals surface area contributed by atoms with Gasteiger partial charge in [-0.05, 0) is 24.3 Å². The number of rotatable bonds is 3. The van der Waals surface area contributed by atoms with Gasteiger partial charge >= 0.3 is 6.01 Å². The highest BCUT2D eigenvalue weighted by atomic mass is 19.1. The van der Waals surface area contributed by atoms with Crippen molar-refractivity contribution in [2.24, 2.45) is 0 Å². The molecule has 0 radical (unpaired) electrons. The first-order valence-electron chi connectivity index (χ1n) is 6.38. The lowest BCUT2D eigenvalue weighted by molar-refractivity contribution is 0.408. The van der Waals surface area contributed by atoms with Crippen molar-refractivity contribution >= 4 is 0 Å². The average molecular weight is 301 g/mol. The number of phenols is 1. The molecule has 0 bridgehead atoms. The van der Waals surface area contributed by atoms with Crippen molar-refractivity contribution in [3.63, 3.8) is 0 Å². The zero-order chi connectivity index (χ0) is 15.7. The Hall–Kier alpha value is -3.09. The molecule has 0 unspecified atom stereocenters. The van der Waals surface area contributed by atoms with Gasteiger partial charge in [-0.25, -0.2) is 8.96 Å². The van der Waals surface area contributed by atoms with Crippen LogP contribution in [0, 0.1) is 5.82 Å². The standard InChI is InChI=1S/C15H12FN3O3/c1-22-9-6-7-10(13(20)8-9)14-17-18-15(21)19(14)12-5-3-2-4-11(12)16/h2-8,20H,1H3,(H,18,21). The van der Waals surface area contributed by atoms with Crippen LogP contribution in [-0.4, -0.2) is 32.1 Å². The highest BCUT2D eigenvalue weighted by Gasteiger charge is 2.20. The van der Waals surface area contributed by atoms with Crippen molar-refractivity contribution in [3.05, 3.63) is 48.3 Å². The Morgan fingerprint density at radius 1 is 1.09 bits per heavy atom. The van der Waals surface area contributed by atoms with Gasteiger partial charge in [0.05, 0.1) is 18.4 Å². The molecule has 0 aliphatic carbocycles. The third-order valence-corrected chi connectivity index (χ3v) is 3.19. The third-order valence-electron chi connectivity index (χ3n) is 3.19. The summed E-state index contributed by atoms with van der Waals surface area (Å²) >= 11 is 0. The lowest BCUT2D eigenvalue weighted by Gasteiger charge is -2.10. The Morgan fingerprint density at radius 2 is 1.86 bits per heavy atom. The van der Waals surface area contributed by atoms with E-state index in [-0.39, 0.29) is 22.8 Å². The molecule has 0 saturated carbocycles. The van der Waals surface area contributed by atoms with Gasteiger partial charge in [0.2, 0.25) is 0 Å². The van der Waals surface area contributed by atoms with E-state index >= 15 is 0 Å². The molecule has 0 atom stereocenters. The molecule has 1 aromatic heterocycles. The maximum absolute atomic E-state index is 14.0. The number of methoxy groups -OCH3 is 1. The number of hydrogen-bond donors (Lipinski definition) is 2. The molecule has 112 valence electrons. The van der Waals surface area contributed by atoms with Crippen LogP contribution in [0.15, 0.2) is 42.5 Å². The third kappa shape index (κ3) is 2.22. The van der Waals surface area contributed by atoms with Gasteiger partial charge in [0.15, 0.2) is 5.82 Å². The molecule has 22 heavy (non-hydrogen) atoms. The SMILES string of the molecule is COc1ccc(-c2nnc(O)n2-c2ccccc2F)c(O)c1. The minimum Gasteiger partial charge on any atom is -0.507 e. The van der Waals surface area contributed by atoms with Gasteiger partial charge < -0.3 is 14.9 Å². The van der Waals surface area contributed by atoms with E-state index in [9.17, 15) is 14.6 Å². The molecule has 0 saturated heterocycles. The lowest BCUT2D eigenvalue weighted by atomic mass is 10.1. The molecule has 3 aromatic rings. The van der Waals surface area contributed by atoms with E-state index in [0.29, 0.717) is 5.75 Å². The number of halogens is 1. The maximum Gasteiger partial charge on any atom is 0.319 e. The number of benzene rings is 2. The maximum atomic E-state index is 14.0. The van der Waals surface area contributed by atoms with Crippen LogP contribution in [-0.2, 0) is 0 Å². The molecular weight excluding hydrogens is 289 g/mol. The summed E-state index contributed by atoms with van der Waals surface area (Å²) in [4.78, 5) is 0. The number of aromatic hydroxyl groups is 2. The zero-order valence-corrected chi connectivity index (χ0v) is 11.6. The number of ether oxygens (including phenoxy) is 1. The minimum absolute atomic E-state index is 0.0789. The van der Waals surface area contributed by atoms with Crippen LogP contribution in [0.25, 0.3) is 17.1 Å². The molecule has 1 heterocycles. The Kier molecular flexibility index (Phi) is 3.38. The number of para-hydroxylation sites is 1. The van der Waals surface area contributed by atoms with Crippen LogP contribution < -0.4 is 4.74 Å². The molecule has 6 nitrogen and oxygen atoms in total. The Labute approximate surface area is 125 Å². The molecule has 7 heteroatoms. The van der Waals surface area contributed by atoms with Crippen LogP contribution in [0.2, 0.25) is 0 Å². The van der Waals surface area contributed by atoms with Gasteiger partial charge in [0.25, 0.3) is 0 Å². The van der Waals surface area contributed by atoms with Gasteiger partial charge in [-0.1, -0.05) is 17.2 Å². The van der Waals surface area contributed by atoms with E-state index < -0.39 is 11.8 Å². The fourth-order valence-electron chi connectivity index (χ4n) is 2.13. The summed E-state index contributed by atoms with van der Waals surface area (Å²) in [5.41, 5.74) is 0.368. The zero-order valence-electron chi connectivity index (χ0n) is 11.6. The normalized spacial score (nSPS) is 10.6. The van der Waals surface area contributed by atoms with Crippen LogP contribution in [0.4, 0.5) is 4.39 Å². The number of hydrogen-bond acceptors (Lipinski definition) is 5. The molecule has 2 N–H and O–H groups in total. The predicted octanol–water partition coefficient (Wildman–Crippen LogP) is 2.49. The largest absolute Gasteiger partial charge is 0.507 e. The first-order valence-corrected chi connectivity index (χ1v) is 6.38. The van der Waals surface area contributed by atoms with Crippen molar-refractivity contribution in [1.82, 2.24) is 14.8 Å². The van der Waals surface area contributed by atoms with E-state index in [1.54, 1.807) is 18.2 Å². The van der Waals surface area contributed by atoms with E-state index in [1.165, 1.54) is 31.4 Å². The van der Waals surface area contributed by atoms with Crippen LogP contribution >= 0.6 is 0 Å². The monoisotopic (exact) mass is 301 g/mol. The minimum atomic E-state index is -0.549. The smallest absolute Gasteiger partial charge is 0.319 e. The highest BCUT2D eigenvalue weighted by molar-refractivity contribution is 5.67. The summed E-state index contributed by atoms with van der Waals surface area (Å²) in [6.07, 6.45) is 0. The number of aromatic nitrogens is 3. The Morgan fingerprint density at radius 3 is 2.55 bits per heavy atom. The predicted molar refractivity (Wildman–Crippen MR) is 76.6 cm³/mol. The second kappa shape index (κ2) is 5.36. The molecular formula is C15H12FN3O3. The molecule has 0 fully saturated rings. The number of nitrogens with zero attached hydrogens (tertiary/aromatic N) is 3. The van der Waals surface area contributed by atoms with E-state index in [2.05, 4.69) is 10.2 Å². The van der Waals surface area contributed by atoms with Gasteiger partial charge in [-0.3, -0.25) is 0 Å². The molecule has 0 amide bonds. The van der Waals surface area contributed by atoms with Crippen molar-refractivity contribution in [3.8, 4) is 34.6 Å². The van der Waals surface area contributed by atoms with Crippen LogP contribution in [0.1, 0.15) is 0 Å². The van der Waals surface area contributed by atoms with E-state index in [0.717, 1.165) is 4.57 Å². The number of phenolic OH excluding ortho intramolecular Hbond substituents is 1. The first kappa shape index (κ1) is 13.9. The van der Waals surface area contributed by atoms with Crippen LogP contribution in [0.5, 0.6) is 17.5 Å². The van der Waals surface area contributed by atoms with E-state index in [1.807, 2.05) is 0 Å². The van der Waals surface area contributed by atoms with Crippen molar-refractivity contribution in [1.29, 1.82) is 0 Å². The summed E-state index contributed by atoms with van der Waals surface area (Å²) in [6, 6.07) is 9.97. The second-order valence-electron chi connectivity index (χ2n) is 4.49. The fourth-order valence-corrected chi connectivity index (χ4v) is 2.13. The summed E-state index contributed by atoms with van der Waals surface area (Å²) in [6.45, 7) is 0. The quantitative estimate of drug-likeness (QED) is 0.777. The van der Waals surface area contributed by atoms with Gasteiger partial charge in [-0.2, -0.15) is 0 Å². The van der Waals surface area contributed by atoms with E-state index in [4.69, 9.17) is 4.74 Å². The van der Waals surface area contributed by atoms with Crippen LogP contribution in [0.3, 0.4) is 0 Å². The van der Waals surface area contributed by atoms with Crippen molar-refractivity contribution < 1.29 is 19.3 Å². The summed E-state index contributed by atoms with van der Waals surface area (Å²) in [5.74, 6) is -0.0960. The molecule has 3 rings (SSSR count). The lowest BCUT2D eigenvalue weighted by Crippen LogP contribution is -2.00. The first-order chi connectivity index (χ1) is 10.6. The van der Waals surface area contributed by atoms with Crippen molar-refractivity contribution in [2.75, 3.05) is 7.11 Å². The fraction of sp³-hybridized carbons (Fsp3) is 0.0667. The van der Waals surface area contributed by atoms with Gasteiger partial charge in [-0.15, -0.1) is 5.10 Å². The van der Waals surface area contributed by atoms with Crippen molar-refractivity contribution in [2.45, 2.75) is 0 Å². The Balaban J connectivity index is 2.20. The molecule has 0 aliphatic heterocycles. The summed E-state index contributed by atoms with van der Waals surface area (Å²) in [7, 11) is 1.47. The van der Waals surface area contributed by atoms with Gasteiger partial charge in [0, 0.05) is 6.07 Å². The average Bonchev–Trinajstić information content (AvgIpc) is 2.89.